The highest BCUT2D eigenvalue weighted by Gasteiger charge is 2.50. The molecule has 0 spiro atoms. The van der Waals surface area contributed by atoms with Crippen molar-refractivity contribution in [1.29, 1.82) is 0 Å². The molecule has 1 aromatic heterocycles. The molecule has 2 saturated carbocycles. The van der Waals surface area contributed by atoms with Crippen molar-refractivity contribution in [3.63, 3.8) is 0 Å². The zero-order valence-corrected chi connectivity index (χ0v) is 27.0. The number of piperidine rings is 1. The summed E-state index contributed by atoms with van der Waals surface area (Å²) in [5, 5.41) is 3.76. The second kappa shape index (κ2) is 12.5. The predicted octanol–water partition coefficient (Wildman–Crippen LogP) is 4.99. The van der Waals surface area contributed by atoms with E-state index in [0.29, 0.717) is 48.8 Å². The highest BCUT2D eigenvalue weighted by atomic mass is 19.1. The monoisotopic (exact) mass is 617 g/mol. The van der Waals surface area contributed by atoms with E-state index in [4.69, 9.17) is 4.98 Å². The molecule has 2 aromatic rings. The van der Waals surface area contributed by atoms with Gasteiger partial charge in [0.25, 0.3) is 5.91 Å². The molecule has 2 bridgehead atoms. The lowest BCUT2D eigenvalue weighted by molar-refractivity contribution is -0.134. The molecule has 2 unspecified atom stereocenters. The van der Waals surface area contributed by atoms with E-state index in [1.54, 1.807) is 23.5 Å². The predicted molar refractivity (Wildman–Crippen MR) is 173 cm³/mol. The van der Waals surface area contributed by atoms with Gasteiger partial charge in [0, 0.05) is 50.8 Å². The van der Waals surface area contributed by atoms with Crippen LogP contribution in [0.5, 0.6) is 0 Å². The third kappa shape index (κ3) is 5.90. The van der Waals surface area contributed by atoms with E-state index >= 15 is 0 Å². The fourth-order valence-corrected chi connectivity index (χ4v) is 8.71. The molecule has 2 aliphatic carbocycles. The van der Waals surface area contributed by atoms with Crippen molar-refractivity contribution in [2.45, 2.75) is 96.3 Å². The van der Waals surface area contributed by atoms with Crippen LogP contribution in [0.2, 0.25) is 0 Å². The summed E-state index contributed by atoms with van der Waals surface area (Å²) in [5.41, 5.74) is 1.85. The van der Waals surface area contributed by atoms with Gasteiger partial charge in [-0.2, -0.15) is 0 Å². The van der Waals surface area contributed by atoms with Gasteiger partial charge < -0.3 is 24.9 Å². The van der Waals surface area contributed by atoms with Gasteiger partial charge in [-0.25, -0.2) is 14.4 Å². The van der Waals surface area contributed by atoms with Gasteiger partial charge in [0.1, 0.15) is 17.8 Å². The molecule has 2 saturated heterocycles. The third-order valence-corrected chi connectivity index (χ3v) is 11.2. The Kier molecular flexibility index (Phi) is 8.44. The minimum atomic E-state index is -0.429. The number of nitrogens with one attached hydrogen (secondary N) is 1. The van der Waals surface area contributed by atoms with Gasteiger partial charge in [0.15, 0.2) is 5.82 Å². The van der Waals surface area contributed by atoms with Crippen LogP contribution in [0.15, 0.2) is 30.7 Å². The molecule has 3 aliphatic heterocycles. The van der Waals surface area contributed by atoms with Crippen LogP contribution in [0, 0.1) is 23.6 Å². The first-order valence-corrected chi connectivity index (χ1v) is 17.3. The van der Waals surface area contributed by atoms with Gasteiger partial charge in [0.2, 0.25) is 5.91 Å². The fourth-order valence-electron chi connectivity index (χ4n) is 8.71. The van der Waals surface area contributed by atoms with Gasteiger partial charge in [-0.15, -0.1) is 0 Å². The Hall–Kier alpha value is -3.27. The Balaban J connectivity index is 1.05. The number of halogens is 1. The van der Waals surface area contributed by atoms with Crippen LogP contribution >= 0.6 is 0 Å². The van der Waals surface area contributed by atoms with Crippen molar-refractivity contribution in [2.75, 3.05) is 42.5 Å². The Labute approximate surface area is 266 Å². The maximum Gasteiger partial charge on any atom is 0.256 e. The summed E-state index contributed by atoms with van der Waals surface area (Å²) in [6.07, 6.45) is 12.8. The Morgan fingerprint density at radius 1 is 1.07 bits per heavy atom. The van der Waals surface area contributed by atoms with Crippen LogP contribution < -0.4 is 15.1 Å². The Morgan fingerprint density at radius 3 is 2.64 bits per heavy atom. The molecule has 9 nitrogen and oxygen atoms in total. The lowest BCUT2D eigenvalue weighted by Crippen LogP contribution is -2.52. The van der Waals surface area contributed by atoms with Gasteiger partial charge in [0.05, 0.1) is 23.5 Å². The number of amides is 2. The third-order valence-electron chi connectivity index (χ3n) is 11.2. The van der Waals surface area contributed by atoms with E-state index in [-0.39, 0.29) is 24.0 Å². The molecule has 4 heterocycles. The molecule has 45 heavy (non-hydrogen) atoms. The molecule has 5 atom stereocenters. The van der Waals surface area contributed by atoms with E-state index in [1.807, 2.05) is 20.8 Å². The highest BCUT2D eigenvalue weighted by molar-refractivity contribution is 6.01. The maximum atomic E-state index is 14.5. The number of hydrogen-bond acceptors (Lipinski definition) is 7. The number of carbonyl (C=O) groups is 2. The first kappa shape index (κ1) is 30.4. The molecule has 7 rings (SSSR count). The molecule has 2 amide bonds. The second-order valence-electron chi connectivity index (χ2n) is 14.3. The largest absolute Gasteiger partial charge is 0.350 e. The Bertz CT molecular complexity index is 1420. The highest BCUT2D eigenvalue weighted by Crippen LogP contribution is 2.47. The molecule has 4 fully saturated rings. The number of anilines is 3. The summed E-state index contributed by atoms with van der Waals surface area (Å²) in [7, 11) is 0. The van der Waals surface area contributed by atoms with E-state index in [2.05, 4.69) is 25.0 Å². The number of fused-ring (bicyclic) bond motifs is 3. The first-order chi connectivity index (χ1) is 21.8. The molecule has 10 heteroatoms. The minimum absolute atomic E-state index is 0.00314. The molecular weight excluding hydrogens is 569 g/mol. The van der Waals surface area contributed by atoms with Crippen molar-refractivity contribution in [2.24, 2.45) is 17.8 Å². The number of likely N-dealkylation sites (tertiary alicyclic amines) is 1. The van der Waals surface area contributed by atoms with E-state index in [0.717, 1.165) is 55.7 Å². The van der Waals surface area contributed by atoms with Crippen LogP contribution in [0.4, 0.5) is 21.6 Å². The molecular formula is C35H48FN7O2. The average molecular weight is 618 g/mol. The quantitative estimate of drug-likeness (QED) is 0.447. The topological polar surface area (TPSA) is 84.9 Å². The molecule has 5 aliphatic rings. The standard InChI is InChI=1S/C35H48FN7O2/c1-4-41(22(2)3)34(44)28-19-26(36)9-10-30(28)43-15-14-42(33-31(43)20-37-21-38-33)27-6-5-12-40(13-11-27)35(45)32-25-17-24(16-23-7-8-23)29(18-25)39-32/h9-10,19-25,27,29,32,39H,4-8,11-18H2,1-3H3/t24-,25+,27?,29?,32+/m1/s1. The SMILES string of the molecule is CCN(C(=O)c1cc(F)ccc1N1CCN(C2CCCN(C(=O)[C@H]3NC4C[C@@H]3C[C@H]4CC3CC3)CC2)c2ncncc21)C(C)C. The minimum Gasteiger partial charge on any atom is -0.350 e. The van der Waals surface area contributed by atoms with Crippen LogP contribution in [-0.4, -0.2) is 88.5 Å². The van der Waals surface area contributed by atoms with Gasteiger partial charge in [-0.3, -0.25) is 9.59 Å². The summed E-state index contributed by atoms with van der Waals surface area (Å²) in [5.74, 6) is 2.73. The zero-order chi connectivity index (χ0) is 31.2. The smallest absolute Gasteiger partial charge is 0.256 e. The summed E-state index contributed by atoms with van der Waals surface area (Å²) in [4.78, 5) is 44.8. The van der Waals surface area contributed by atoms with Crippen molar-refractivity contribution >= 4 is 29.0 Å². The van der Waals surface area contributed by atoms with Gasteiger partial charge in [-0.1, -0.05) is 12.8 Å². The number of rotatable bonds is 8. The van der Waals surface area contributed by atoms with Gasteiger partial charge in [-0.05, 0) is 95.2 Å². The number of aromatic nitrogens is 2. The van der Waals surface area contributed by atoms with E-state index in [9.17, 15) is 14.0 Å². The van der Waals surface area contributed by atoms with Gasteiger partial charge >= 0.3 is 0 Å². The van der Waals surface area contributed by atoms with Crippen LogP contribution in [-0.2, 0) is 4.79 Å². The van der Waals surface area contributed by atoms with Crippen LogP contribution in [0.25, 0.3) is 0 Å². The number of benzene rings is 1. The normalized spacial score (nSPS) is 27.9. The average Bonchev–Trinajstić information content (AvgIpc) is 3.72. The fraction of sp³-hybridized carbons (Fsp3) is 0.657. The second-order valence-corrected chi connectivity index (χ2v) is 14.3. The Morgan fingerprint density at radius 2 is 1.91 bits per heavy atom. The zero-order valence-electron chi connectivity index (χ0n) is 27.0. The lowest BCUT2D eigenvalue weighted by atomic mass is 9.90. The lowest BCUT2D eigenvalue weighted by Gasteiger charge is -2.42. The van der Waals surface area contributed by atoms with Crippen LogP contribution in [0.1, 0.15) is 82.5 Å². The number of carbonyl (C=O) groups excluding carboxylic acids is 2. The molecule has 242 valence electrons. The first-order valence-electron chi connectivity index (χ1n) is 17.3. The van der Waals surface area contributed by atoms with E-state index in [1.165, 1.54) is 44.2 Å². The molecule has 1 N–H and O–H groups in total. The van der Waals surface area contributed by atoms with Crippen molar-refractivity contribution in [1.82, 2.24) is 25.1 Å². The van der Waals surface area contributed by atoms with Crippen molar-refractivity contribution < 1.29 is 14.0 Å². The number of hydrogen-bond donors (Lipinski definition) is 1. The summed E-state index contributed by atoms with van der Waals surface area (Å²) >= 11 is 0. The van der Waals surface area contributed by atoms with E-state index < -0.39 is 5.82 Å². The maximum absolute atomic E-state index is 14.5. The summed E-state index contributed by atoms with van der Waals surface area (Å²) in [6.45, 7) is 9.33. The molecule has 1 aromatic carbocycles. The van der Waals surface area contributed by atoms with Crippen molar-refractivity contribution in [3.05, 3.63) is 42.1 Å². The number of nitrogens with zero attached hydrogens (tertiary/aromatic N) is 6. The molecule has 0 radical (unpaired) electrons. The summed E-state index contributed by atoms with van der Waals surface area (Å²) < 4.78 is 14.5. The summed E-state index contributed by atoms with van der Waals surface area (Å²) in [6, 6.07) is 5.25. The van der Waals surface area contributed by atoms with Crippen molar-refractivity contribution in [3.8, 4) is 0 Å². The van der Waals surface area contributed by atoms with Crippen LogP contribution in [0.3, 0.4) is 0 Å².